The number of amidine groups is 1. The Morgan fingerprint density at radius 3 is 2.09 bits per heavy atom. The molecule has 1 aromatic carbocycles. The molecule has 0 amide bonds. The minimum Gasteiger partial charge on any atom is -0.497 e. The summed E-state index contributed by atoms with van der Waals surface area (Å²) in [5.41, 5.74) is 0.799. The maximum absolute atomic E-state index is 5.93. The van der Waals surface area contributed by atoms with Gasteiger partial charge in [-0.15, -0.1) is 0 Å². The van der Waals surface area contributed by atoms with Gasteiger partial charge in [0.25, 0.3) is 0 Å². The topological polar surface area (TPSA) is 45.6 Å². The van der Waals surface area contributed by atoms with Crippen LogP contribution in [0.1, 0.15) is 11.7 Å². The molecule has 1 aliphatic heterocycles. The molecule has 0 aliphatic carbocycles. The van der Waals surface area contributed by atoms with E-state index in [-0.39, 0.29) is 5.84 Å². The van der Waals surface area contributed by atoms with E-state index < -0.39 is 19.9 Å². The zero-order chi connectivity index (χ0) is 16.5. The van der Waals surface area contributed by atoms with Crippen molar-refractivity contribution in [3.8, 4) is 5.75 Å². The predicted molar refractivity (Wildman–Crippen MR) is 93.8 cm³/mol. The van der Waals surface area contributed by atoms with Gasteiger partial charge in [-0.3, -0.25) is 5.32 Å². The summed E-state index contributed by atoms with van der Waals surface area (Å²) in [5, 5.41) is 5.82. The number of hydrogen-bond donors (Lipinski definition) is 2. The fourth-order valence-electron chi connectivity index (χ4n) is 1.83. The molecule has 4 nitrogen and oxygen atoms in total. The molecule has 1 aliphatic rings. The second kappa shape index (κ2) is 6.98. The van der Waals surface area contributed by atoms with Gasteiger partial charge >= 0.3 is 0 Å². The van der Waals surface area contributed by atoms with Gasteiger partial charge in [0.15, 0.2) is 5.84 Å². The molecule has 122 valence electrons. The van der Waals surface area contributed by atoms with Crippen LogP contribution in [0.25, 0.3) is 0 Å². The Bertz CT molecular complexity index is 551. The van der Waals surface area contributed by atoms with E-state index >= 15 is 0 Å². The average molecular weight is 426 g/mol. The van der Waals surface area contributed by atoms with Crippen molar-refractivity contribution in [3.05, 3.63) is 29.8 Å². The van der Waals surface area contributed by atoms with Crippen molar-refractivity contribution in [2.45, 2.75) is 19.9 Å². The number of methoxy groups -OCH3 is 1. The molecule has 0 saturated heterocycles. The summed E-state index contributed by atoms with van der Waals surface area (Å²) in [7, 11) is 1.58. The third kappa shape index (κ3) is 4.60. The van der Waals surface area contributed by atoms with E-state index in [0.29, 0.717) is 5.75 Å². The fraction of sp³-hybridized carbons (Fsp3) is 0.417. The summed E-state index contributed by atoms with van der Waals surface area (Å²) in [6.45, 7) is 0. The van der Waals surface area contributed by atoms with Crippen molar-refractivity contribution < 1.29 is 4.74 Å². The molecule has 0 spiro atoms. The lowest BCUT2D eigenvalue weighted by Crippen LogP contribution is -2.59. The molecule has 0 saturated carbocycles. The normalized spacial score (nSPS) is 22.8. The maximum atomic E-state index is 5.93. The lowest BCUT2D eigenvalue weighted by atomic mass is 10.1. The van der Waals surface area contributed by atoms with Crippen molar-refractivity contribution in [2.24, 2.45) is 4.99 Å². The fourth-order valence-corrected chi connectivity index (χ4v) is 2.49. The first-order valence-electron chi connectivity index (χ1n) is 5.99. The van der Waals surface area contributed by atoms with E-state index in [2.05, 4.69) is 15.6 Å². The van der Waals surface area contributed by atoms with Crippen LogP contribution < -0.4 is 15.4 Å². The highest BCUT2D eigenvalue weighted by molar-refractivity contribution is 6.76. The van der Waals surface area contributed by atoms with Gasteiger partial charge in [-0.1, -0.05) is 81.7 Å². The van der Waals surface area contributed by atoms with Gasteiger partial charge in [0.05, 0.1) is 7.11 Å². The number of nitrogens with zero attached hydrogens (tertiary/aromatic N) is 1. The van der Waals surface area contributed by atoms with Gasteiger partial charge in [0.1, 0.15) is 18.1 Å². The van der Waals surface area contributed by atoms with Crippen LogP contribution >= 0.6 is 69.6 Å². The quantitative estimate of drug-likeness (QED) is 0.692. The molecule has 2 unspecified atom stereocenters. The summed E-state index contributed by atoms with van der Waals surface area (Å²) in [6.07, 6.45) is -1.33. The molecule has 2 N–H and O–H groups in total. The van der Waals surface area contributed by atoms with Crippen LogP contribution in [0.3, 0.4) is 0 Å². The van der Waals surface area contributed by atoms with Gasteiger partial charge in [0.2, 0.25) is 7.59 Å². The molecule has 22 heavy (non-hydrogen) atoms. The number of ether oxygens (including phenoxy) is 1. The highest BCUT2D eigenvalue weighted by Crippen LogP contribution is 2.36. The van der Waals surface area contributed by atoms with Crippen molar-refractivity contribution in [3.63, 3.8) is 0 Å². The van der Waals surface area contributed by atoms with Crippen LogP contribution in [0.4, 0.5) is 0 Å². The second-order valence-corrected chi connectivity index (χ2v) is 9.09. The van der Waals surface area contributed by atoms with Crippen molar-refractivity contribution >= 4 is 75.4 Å². The molecule has 1 heterocycles. The standard InChI is InChI=1S/C12H11Cl6N3O/c1-22-7-4-2-6(3-5-7)8-19-9(11(13,14)15)21-10(20-8)12(16,17)18/h2-5,8-9,19H,1H3,(H,20,21). The average Bonchev–Trinajstić information content (AvgIpc) is 2.45. The molecule has 0 bridgehead atoms. The number of benzene rings is 1. The lowest BCUT2D eigenvalue weighted by molar-refractivity contribution is 0.397. The third-order valence-corrected chi connectivity index (χ3v) is 4.08. The van der Waals surface area contributed by atoms with Crippen LogP contribution in [-0.4, -0.2) is 26.7 Å². The molecular formula is C12H11Cl6N3O. The van der Waals surface area contributed by atoms with Gasteiger partial charge in [-0.25, -0.2) is 4.99 Å². The van der Waals surface area contributed by atoms with Crippen molar-refractivity contribution in [1.29, 1.82) is 0 Å². The Balaban J connectivity index is 2.35. The Labute approximate surface area is 158 Å². The smallest absolute Gasteiger partial charge is 0.247 e. The Morgan fingerprint density at radius 2 is 1.64 bits per heavy atom. The van der Waals surface area contributed by atoms with Gasteiger partial charge in [-0.2, -0.15) is 0 Å². The first-order valence-corrected chi connectivity index (χ1v) is 8.26. The first kappa shape index (κ1) is 18.5. The minimum atomic E-state index is -1.76. The highest BCUT2D eigenvalue weighted by Gasteiger charge is 2.42. The summed E-state index contributed by atoms with van der Waals surface area (Å²) in [6, 6.07) is 7.20. The summed E-state index contributed by atoms with van der Waals surface area (Å²) in [4.78, 5) is 4.32. The number of rotatable bonds is 2. The van der Waals surface area contributed by atoms with E-state index in [0.717, 1.165) is 5.56 Å². The van der Waals surface area contributed by atoms with Gasteiger partial charge in [-0.05, 0) is 17.7 Å². The Hall–Kier alpha value is 0.190. The van der Waals surface area contributed by atoms with E-state index in [9.17, 15) is 0 Å². The van der Waals surface area contributed by atoms with Crippen molar-refractivity contribution in [1.82, 2.24) is 10.6 Å². The highest BCUT2D eigenvalue weighted by atomic mass is 35.6. The number of nitrogens with one attached hydrogen (secondary N) is 2. The minimum absolute atomic E-state index is 0.0911. The summed E-state index contributed by atoms with van der Waals surface area (Å²) < 4.78 is 1.68. The number of hydrogen-bond acceptors (Lipinski definition) is 4. The van der Waals surface area contributed by atoms with Crippen LogP contribution in [0.5, 0.6) is 5.75 Å². The lowest BCUT2D eigenvalue weighted by Gasteiger charge is -2.36. The van der Waals surface area contributed by atoms with Crippen LogP contribution in [0.15, 0.2) is 29.3 Å². The van der Waals surface area contributed by atoms with Crippen LogP contribution in [0.2, 0.25) is 0 Å². The zero-order valence-corrected chi connectivity index (χ0v) is 15.6. The van der Waals surface area contributed by atoms with Crippen LogP contribution in [0, 0.1) is 0 Å². The van der Waals surface area contributed by atoms with E-state index in [1.165, 1.54) is 0 Å². The molecule has 0 aromatic heterocycles. The van der Waals surface area contributed by atoms with Crippen LogP contribution in [-0.2, 0) is 0 Å². The Kier molecular flexibility index (Phi) is 5.87. The first-order chi connectivity index (χ1) is 10.1. The van der Waals surface area contributed by atoms with E-state index in [1.807, 2.05) is 12.1 Å². The second-order valence-electron chi connectivity index (χ2n) is 4.44. The molecule has 0 radical (unpaired) electrons. The molecular weight excluding hydrogens is 415 g/mol. The number of halogens is 6. The monoisotopic (exact) mass is 423 g/mol. The predicted octanol–water partition coefficient (Wildman–Crippen LogP) is 4.35. The van der Waals surface area contributed by atoms with Crippen molar-refractivity contribution in [2.75, 3.05) is 7.11 Å². The zero-order valence-electron chi connectivity index (χ0n) is 11.1. The molecule has 2 atom stereocenters. The Morgan fingerprint density at radius 1 is 1.05 bits per heavy atom. The maximum Gasteiger partial charge on any atom is 0.247 e. The molecule has 2 rings (SSSR count). The summed E-state index contributed by atoms with van der Waals surface area (Å²) in [5.74, 6) is 0.801. The van der Waals surface area contributed by atoms with E-state index in [1.54, 1.807) is 19.2 Å². The molecule has 0 fully saturated rings. The van der Waals surface area contributed by atoms with Gasteiger partial charge < -0.3 is 10.1 Å². The largest absolute Gasteiger partial charge is 0.497 e. The number of aliphatic imine (C=N–C) groups is 1. The summed E-state index contributed by atoms with van der Waals surface area (Å²) >= 11 is 35.5. The van der Waals surface area contributed by atoms with E-state index in [4.69, 9.17) is 74.3 Å². The number of alkyl halides is 6. The third-order valence-electron chi connectivity index (χ3n) is 2.89. The molecule has 1 aromatic rings. The van der Waals surface area contributed by atoms with Gasteiger partial charge in [0, 0.05) is 0 Å². The SMILES string of the molecule is COc1ccc(C2N=C(C(Cl)(Cl)Cl)NC(C(Cl)(Cl)Cl)N2)cc1. The molecule has 10 heteroatoms.